The van der Waals surface area contributed by atoms with Crippen LogP contribution >= 0.6 is 0 Å². The number of rotatable bonds is 3. The molecule has 0 saturated carbocycles. The highest BCUT2D eigenvalue weighted by atomic mass is 16.4. The summed E-state index contributed by atoms with van der Waals surface area (Å²) in [6.07, 6.45) is 1.11. The second kappa shape index (κ2) is 5.00. The van der Waals surface area contributed by atoms with Crippen LogP contribution in [-0.4, -0.2) is 60.3 Å². The molecule has 0 bridgehead atoms. The zero-order valence-corrected chi connectivity index (χ0v) is 10.7. The van der Waals surface area contributed by atoms with Gasteiger partial charge in [-0.3, -0.25) is 0 Å². The molecule has 2 fully saturated rings. The molecule has 0 aliphatic carbocycles. The molecular formula is C12H17N5O2. The summed E-state index contributed by atoms with van der Waals surface area (Å²) in [4.78, 5) is 23.9. The monoisotopic (exact) mass is 263 g/mol. The van der Waals surface area contributed by atoms with Crippen molar-refractivity contribution >= 4 is 17.7 Å². The Morgan fingerprint density at radius 3 is 2.47 bits per heavy atom. The minimum Gasteiger partial charge on any atom is -0.477 e. The van der Waals surface area contributed by atoms with Gasteiger partial charge in [-0.1, -0.05) is 0 Å². The van der Waals surface area contributed by atoms with Gasteiger partial charge in [-0.2, -0.15) is 4.98 Å². The number of anilines is 2. The molecule has 1 aromatic rings. The van der Waals surface area contributed by atoms with Crippen molar-refractivity contribution in [3.8, 4) is 0 Å². The van der Waals surface area contributed by atoms with E-state index in [1.54, 1.807) is 6.07 Å². The largest absolute Gasteiger partial charge is 0.477 e. The highest BCUT2D eigenvalue weighted by molar-refractivity contribution is 5.86. The Kier molecular flexibility index (Phi) is 3.20. The van der Waals surface area contributed by atoms with Gasteiger partial charge in [0.1, 0.15) is 5.82 Å². The predicted octanol–water partition coefficient (Wildman–Crippen LogP) is -0.206. The summed E-state index contributed by atoms with van der Waals surface area (Å²) in [6, 6.07) is 1.57. The van der Waals surface area contributed by atoms with Gasteiger partial charge in [0.15, 0.2) is 5.69 Å². The zero-order valence-electron chi connectivity index (χ0n) is 10.7. The van der Waals surface area contributed by atoms with E-state index in [-0.39, 0.29) is 5.69 Å². The van der Waals surface area contributed by atoms with Gasteiger partial charge in [0.25, 0.3) is 0 Å². The highest BCUT2D eigenvalue weighted by Gasteiger charge is 2.22. The van der Waals surface area contributed by atoms with Crippen molar-refractivity contribution in [3.05, 3.63) is 11.8 Å². The summed E-state index contributed by atoms with van der Waals surface area (Å²) < 4.78 is 0. The molecule has 3 heterocycles. The third-order valence-electron chi connectivity index (χ3n) is 3.50. The van der Waals surface area contributed by atoms with Gasteiger partial charge >= 0.3 is 5.97 Å². The van der Waals surface area contributed by atoms with E-state index in [9.17, 15) is 4.79 Å². The molecule has 0 aromatic carbocycles. The Balaban J connectivity index is 1.92. The van der Waals surface area contributed by atoms with Crippen LogP contribution in [0.5, 0.6) is 0 Å². The van der Waals surface area contributed by atoms with Crippen LogP contribution in [0, 0.1) is 0 Å². The molecule has 1 aromatic heterocycles. The lowest BCUT2D eigenvalue weighted by Gasteiger charge is -2.33. The average Bonchev–Trinajstić information content (AvgIpc) is 2.37. The van der Waals surface area contributed by atoms with Crippen molar-refractivity contribution < 1.29 is 9.90 Å². The SMILES string of the molecule is O=C(O)c1cc(N2CCNCC2)nc(N2CCC2)n1. The summed E-state index contributed by atoms with van der Waals surface area (Å²) in [6.45, 7) is 5.29. The molecule has 0 spiro atoms. The van der Waals surface area contributed by atoms with Crippen molar-refractivity contribution in [3.63, 3.8) is 0 Å². The second-order valence-electron chi connectivity index (χ2n) is 4.79. The third-order valence-corrected chi connectivity index (χ3v) is 3.50. The van der Waals surface area contributed by atoms with E-state index in [0.29, 0.717) is 5.95 Å². The van der Waals surface area contributed by atoms with Crippen molar-refractivity contribution in [2.45, 2.75) is 6.42 Å². The Labute approximate surface area is 111 Å². The van der Waals surface area contributed by atoms with Gasteiger partial charge in [-0.25, -0.2) is 9.78 Å². The number of piperazine rings is 1. The van der Waals surface area contributed by atoms with E-state index >= 15 is 0 Å². The molecule has 2 N–H and O–H groups in total. The average molecular weight is 263 g/mol. The van der Waals surface area contributed by atoms with Crippen LogP contribution in [0.25, 0.3) is 0 Å². The first-order valence-electron chi connectivity index (χ1n) is 6.57. The number of carbonyl (C=O) groups is 1. The maximum atomic E-state index is 11.2. The van der Waals surface area contributed by atoms with E-state index in [2.05, 4.69) is 20.2 Å². The van der Waals surface area contributed by atoms with Gasteiger partial charge in [0.2, 0.25) is 5.95 Å². The summed E-state index contributed by atoms with van der Waals surface area (Å²) in [5.41, 5.74) is 0.0745. The summed E-state index contributed by atoms with van der Waals surface area (Å²) in [7, 11) is 0. The number of carboxylic acid groups (broad SMARTS) is 1. The number of nitrogens with one attached hydrogen (secondary N) is 1. The smallest absolute Gasteiger partial charge is 0.354 e. The fraction of sp³-hybridized carbons (Fsp3) is 0.583. The van der Waals surface area contributed by atoms with Crippen LogP contribution < -0.4 is 15.1 Å². The molecule has 0 amide bonds. The van der Waals surface area contributed by atoms with Crippen LogP contribution in [0.2, 0.25) is 0 Å². The van der Waals surface area contributed by atoms with Gasteiger partial charge in [0, 0.05) is 45.3 Å². The lowest BCUT2D eigenvalue weighted by molar-refractivity contribution is 0.0690. The molecule has 7 heteroatoms. The van der Waals surface area contributed by atoms with Crippen LogP contribution in [0.4, 0.5) is 11.8 Å². The van der Waals surface area contributed by atoms with E-state index < -0.39 is 5.97 Å². The first-order valence-corrected chi connectivity index (χ1v) is 6.57. The highest BCUT2D eigenvalue weighted by Crippen LogP contribution is 2.21. The Morgan fingerprint density at radius 1 is 1.16 bits per heavy atom. The van der Waals surface area contributed by atoms with E-state index in [1.165, 1.54) is 0 Å². The summed E-state index contributed by atoms with van der Waals surface area (Å²) >= 11 is 0. The second-order valence-corrected chi connectivity index (χ2v) is 4.79. The molecule has 2 saturated heterocycles. The number of nitrogens with zero attached hydrogens (tertiary/aromatic N) is 4. The van der Waals surface area contributed by atoms with Crippen molar-refractivity contribution in [2.75, 3.05) is 49.1 Å². The molecule has 19 heavy (non-hydrogen) atoms. The number of aromatic carboxylic acids is 1. The maximum Gasteiger partial charge on any atom is 0.354 e. The van der Waals surface area contributed by atoms with Crippen molar-refractivity contribution in [1.82, 2.24) is 15.3 Å². The van der Waals surface area contributed by atoms with Gasteiger partial charge in [0.05, 0.1) is 0 Å². The molecular weight excluding hydrogens is 246 g/mol. The van der Waals surface area contributed by atoms with Crippen molar-refractivity contribution in [1.29, 1.82) is 0 Å². The molecule has 0 unspecified atom stereocenters. The van der Waals surface area contributed by atoms with Crippen LogP contribution in [0.1, 0.15) is 16.9 Å². The zero-order chi connectivity index (χ0) is 13.2. The quantitative estimate of drug-likeness (QED) is 0.781. The topological polar surface area (TPSA) is 81.6 Å². The van der Waals surface area contributed by atoms with Gasteiger partial charge < -0.3 is 20.2 Å². The third kappa shape index (κ3) is 2.46. The molecule has 0 atom stereocenters. The number of hydrogen-bond donors (Lipinski definition) is 2. The number of aromatic nitrogens is 2. The molecule has 2 aliphatic rings. The molecule has 0 radical (unpaired) electrons. The fourth-order valence-corrected chi connectivity index (χ4v) is 2.25. The molecule has 3 rings (SSSR count). The van der Waals surface area contributed by atoms with Crippen LogP contribution in [0.3, 0.4) is 0 Å². The summed E-state index contributed by atoms with van der Waals surface area (Å²) in [5, 5.41) is 12.4. The molecule has 102 valence electrons. The van der Waals surface area contributed by atoms with Crippen LogP contribution in [0.15, 0.2) is 6.07 Å². The normalized spacial score (nSPS) is 19.2. The van der Waals surface area contributed by atoms with Gasteiger partial charge in [-0.15, -0.1) is 0 Å². The van der Waals surface area contributed by atoms with E-state index in [0.717, 1.165) is 51.5 Å². The number of carboxylic acids is 1. The fourth-order valence-electron chi connectivity index (χ4n) is 2.25. The summed E-state index contributed by atoms with van der Waals surface area (Å²) in [5.74, 6) is 0.260. The molecule has 2 aliphatic heterocycles. The lowest BCUT2D eigenvalue weighted by atomic mass is 10.2. The first-order chi connectivity index (χ1) is 9.24. The van der Waals surface area contributed by atoms with E-state index in [1.807, 2.05) is 4.90 Å². The van der Waals surface area contributed by atoms with E-state index in [4.69, 9.17) is 5.11 Å². The molecule has 7 nitrogen and oxygen atoms in total. The Hall–Kier alpha value is -1.89. The minimum absolute atomic E-state index is 0.0745. The van der Waals surface area contributed by atoms with Crippen molar-refractivity contribution in [2.24, 2.45) is 0 Å². The van der Waals surface area contributed by atoms with Crippen LogP contribution in [-0.2, 0) is 0 Å². The lowest BCUT2D eigenvalue weighted by Crippen LogP contribution is -2.44. The Morgan fingerprint density at radius 2 is 1.89 bits per heavy atom. The van der Waals surface area contributed by atoms with Gasteiger partial charge in [-0.05, 0) is 6.42 Å². The maximum absolute atomic E-state index is 11.2. The standard InChI is InChI=1S/C12H17N5O2/c18-11(19)9-8-10(16-6-2-13-3-7-16)15-12(14-9)17-4-1-5-17/h8,13H,1-7H2,(H,18,19). The predicted molar refractivity (Wildman–Crippen MR) is 70.9 cm³/mol. The number of hydrogen-bond acceptors (Lipinski definition) is 6. The Bertz CT molecular complexity index is 483. The minimum atomic E-state index is -0.999. The first kappa shape index (κ1) is 12.2.